The number of benzene rings is 1. The lowest BCUT2D eigenvalue weighted by Gasteiger charge is -2.18. The van der Waals surface area contributed by atoms with Crippen molar-refractivity contribution in [2.24, 2.45) is 0 Å². The van der Waals surface area contributed by atoms with Gasteiger partial charge >= 0.3 is 0 Å². The van der Waals surface area contributed by atoms with E-state index in [2.05, 4.69) is 21.9 Å². The number of hydrogen-bond acceptors (Lipinski definition) is 4. The molecule has 1 aliphatic rings. The molecule has 1 aliphatic heterocycles. The van der Waals surface area contributed by atoms with Crippen LogP contribution in [0.3, 0.4) is 0 Å². The van der Waals surface area contributed by atoms with Crippen LogP contribution in [0, 0.1) is 6.92 Å². The van der Waals surface area contributed by atoms with Gasteiger partial charge in [-0.3, -0.25) is 4.79 Å². The first kappa shape index (κ1) is 11.8. The molecule has 0 atom stereocenters. The molecule has 0 fully saturated rings. The van der Waals surface area contributed by atoms with Crippen molar-refractivity contribution in [1.82, 2.24) is 5.16 Å². The number of hydrogen-bond donors (Lipinski definition) is 2. The summed E-state index contributed by atoms with van der Waals surface area (Å²) in [7, 11) is 0. The van der Waals surface area contributed by atoms with E-state index in [1.54, 1.807) is 6.92 Å². The van der Waals surface area contributed by atoms with Gasteiger partial charge in [-0.2, -0.15) is 0 Å². The number of aryl methyl sites for hydroxylation is 2. The van der Waals surface area contributed by atoms with E-state index in [0.717, 1.165) is 30.8 Å². The highest BCUT2D eigenvalue weighted by atomic mass is 16.5. The zero-order chi connectivity index (χ0) is 13.2. The molecule has 0 spiro atoms. The van der Waals surface area contributed by atoms with E-state index < -0.39 is 0 Å². The second-order valence-electron chi connectivity index (χ2n) is 4.65. The number of nitrogens with zero attached hydrogens (tertiary/aromatic N) is 1. The summed E-state index contributed by atoms with van der Waals surface area (Å²) in [5, 5.41) is 9.80. The molecule has 3 rings (SSSR count). The van der Waals surface area contributed by atoms with E-state index in [1.807, 2.05) is 12.1 Å². The second kappa shape index (κ2) is 4.76. The van der Waals surface area contributed by atoms with E-state index in [9.17, 15) is 4.79 Å². The van der Waals surface area contributed by atoms with Gasteiger partial charge in [0.2, 0.25) is 0 Å². The molecule has 1 aromatic heterocycles. The third-order valence-electron chi connectivity index (χ3n) is 3.30. The first-order chi connectivity index (χ1) is 9.24. The fourth-order valence-electron chi connectivity index (χ4n) is 2.25. The summed E-state index contributed by atoms with van der Waals surface area (Å²) in [6, 6.07) is 5.94. The fourth-order valence-corrected chi connectivity index (χ4v) is 2.25. The van der Waals surface area contributed by atoms with Crippen LogP contribution in [-0.4, -0.2) is 17.6 Å². The van der Waals surface area contributed by atoms with Crippen LogP contribution in [0.15, 0.2) is 28.9 Å². The van der Waals surface area contributed by atoms with Crippen molar-refractivity contribution in [1.29, 1.82) is 0 Å². The summed E-state index contributed by atoms with van der Waals surface area (Å²) in [6.45, 7) is 2.70. The molecule has 2 heterocycles. The normalized spacial score (nSPS) is 13.5. The molecule has 5 nitrogen and oxygen atoms in total. The second-order valence-corrected chi connectivity index (χ2v) is 4.65. The molecule has 2 N–H and O–H groups in total. The summed E-state index contributed by atoms with van der Waals surface area (Å²) in [5.74, 6) is 0.322. The number of carbonyl (C=O) groups excluding carboxylic acids is 1. The van der Waals surface area contributed by atoms with Crippen molar-refractivity contribution >= 4 is 17.3 Å². The maximum Gasteiger partial charge on any atom is 0.260 e. The molecule has 0 bridgehead atoms. The highest BCUT2D eigenvalue weighted by molar-refractivity contribution is 6.04. The van der Waals surface area contributed by atoms with Crippen LogP contribution in [0.1, 0.15) is 28.1 Å². The SMILES string of the molecule is Cc1oncc1C(=O)Nc1ccc2c(c1)NCCC2. The minimum Gasteiger partial charge on any atom is -0.385 e. The molecule has 1 aromatic carbocycles. The smallest absolute Gasteiger partial charge is 0.260 e. The standard InChI is InChI=1S/C14H15N3O2/c1-9-12(8-16-19-9)14(18)17-11-5-4-10-3-2-6-15-13(10)7-11/h4-5,7-8,15H,2-3,6H2,1H3,(H,17,18). The molecule has 98 valence electrons. The van der Waals surface area contributed by atoms with Crippen molar-refractivity contribution < 1.29 is 9.32 Å². The highest BCUT2D eigenvalue weighted by Crippen LogP contribution is 2.25. The summed E-state index contributed by atoms with van der Waals surface area (Å²) >= 11 is 0. The topological polar surface area (TPSA) is 67.2 Å². The molecule has 19 heavy (non-hydrogen) atoms. The number of amides is 1. The zero-order valence-corrected chi connectivity index (χ0v) is 10.7. The molecular weight excluding hydrogens is 242 g/mol. The highest BCUT2D eigenvalue weighted by Gasteiger charge is 2.14. The average Bonchev–Trinajstić information content (AvgIpc) is 2.85. The minimum absolute atomic E-state index is 0.200. The van der Waals surface area contributed by atoms with Gasteiger partial charge in [0.05, 0.1) is 6.20 Å². The van der Waals surface area contributed by atoms with Crippen molar-refractivity contribution in [3.8, 4) is 0 Å². The van der Waals surface area contributed by atoms with Gasteiger partial charge in [0, 0.05) is 17.9 Å². The number of carbonyl (C=O) groups is 1. The predicted molar refractivity (Wildman–Crippen MR) is 72.4 cm³/mol. The molecule has 0 unspecified atom stereocenters. The van der Waals surface area contributed by atoms with Crippen LogP contribution in [-0.2, 0) is 6.42 Å². The number of nitrogens with one attached hydrogen (secondary N) is 2. The molecule has 0 aliphatic carbocycles. The van der Waals surface area contributed by atoms with Crippen molar-refractivity contribution in [3.63, 3.8) is 0 Å². The first-order valence-electron chi connectivity index (χ1n) is 6.33. The van der Waals surface area contributed by atoms with Crippen molar-refractivity contribution in [3.05, 3.63) is 41.3 Å². The fraction of sp³-hybridized carbons (Fsp3) is 0.286. The Morgan fingerprint density at radius 1 is 1.47 bits per heavy atom. The summed E-state index contributed by atoms with van der Waals surface area (Å²) in [6.07, 6.45) is 3.67. The number of rotatable bonds is 2. The van der Waals surface area contributed by atoms with Gasteiger partial charge in [0.25, 0.3) is 5.91 Å². The monoisotopic (exact) mass is 257 g/mol. The van der Waals surface area contributed by atoms with E-state index in [4.69, 9.17) is 4.52 Å². The number of fused-ring (bicyclic) bond motifs is 1. The lowest BCUT2D eigenvalue weighted by Crippen LogP contribution is -2.15. The van der Waals surface area contributed by atoms with Crippen LogP contribution >= 0.6 is 0 Å². The van der Waals surface area contributed by atoms with Crippen molar-refractivity contribution in [2.45, 2.75) is 19.8 Å². The van der Waals surface area contributed by atoms with E-state index >= 15 is 0 Å². The summed E-state index contributed by atoms with van der Waals surface area (Å²) < 4.78 is 4.89. The Balaban J connectivity index is 1.80. The van der Waals surface area contributed by atoms with Gasteiger partial charge < -0.3 is 15.2 Å². The van der Waals surface area contributed by atoms with Crippen LogP contribution in [0.4, 0.5) is 11.4 Å². The Morgan fingerprint density at radius 2 is 2.37 bits per heavy atom. The summed E-state index contributed by atoms with van der Waals surface area (Å²) in [5.41, 5.74) is 3.64. The first-order valence-corrected chi connectivity index (χ1v) is 6.33. The molecule has 5 heteroatoms. The van der Waals surface area contributed by atoms with Crippen LogP contribution < -0.4 is 10.6 Å². The molecule has 0 radical (unpaired) electrons. The lowest BCUT2D eigenvalue weighted by atomic mass is 10.0. The third-order valence-corrected chi connectivity index (χ3v) is 3.30. The van der Waals surface area contributed by atoms with Crippen LogP contribution in [0.2, 0.25) is 0 Å². The Bertz CT molecular complexity index is 619. The van der Waals surface area contributed by atoms with Gasteiger partial charge in [0.1, 0.15) is 11.3 Å². The predicted octanol–water partition coefficient (Wildman–Crippen LogP) is 2.59. The van der Waals surface area contributed by atoms with Crippen molar-refractivity contribution in [2.75, 3.05) is 17.2 Å². The third kappa shape index (κ3) is 2.31. The Kier molecular flexibility index (Phi) is 2.95. The maximum atomic E-state index is 12.0. The van der Waals surface area contributed by atoms with Gasteiger partial charge in [0.15, 0.2) is 0 Å². The van der Waals surface area contributed by atoms with E-state index in [-0.39, 0.29) is 5.91 Å². The minimum atomic E-state index is -0.200. The van der Waals surface area contributed by atoms with Crippen LogP contribution in [0.25, 0.3) is 0 Å². The Morgan fingerprint density at radius 3 is 3.16 bits per heavy atom. The molecule has 2 aromatic rings. The zero-order valence-electron chi connectivity index (χ0n) is 10.7. The van der Waals surface area contributed by atoms with Gasteiger partial charge in [-0.15, -0.1) is 0 Å². The maximum absolute atomic E-state index is 12.0. The molecule has 0 saturated carbocycles. The number of anilines is 2. The summed E-state index contributed by atoms with van der Waals surface area (Å²) in [4.78, 5) is 12.0. The van der Waals surface area contributed by atoms with E-state index in [1.165, 1.54) is 11.8 Å². The Labute approximate surface area is 111 Å². The molecular formula is C14H15N3O2. The molecule has 1 amide bonds. The number of aromatic nitrogens is 1. The van der Waals surface area contributed by atoms with Gasteiger partial charge in [-0.05, 0) is 37.5 Å². The quantitative estimate of drug-likeness (QED) is 0.867. The van der Waals surface area contributed by atoms with Gasteiger partial charge in [-0.25, -0.2) is 0 Å². The van der Waals surface area contributed by atoms with E-state index in [0.29, 0.717) is 11.3 Å². The molecule has 0 saturated heterocycles. The Hall–Kier alpha value is -2.30. The van der Waals surface area contributed by atoms with Crippen LogP contribution in [0.5, 0.6) is 0 Å². The largest absolute Gasteiger partial charge is 0.385 e. The van der Waals surface area contributed by atoms with Gasteiger partial charge in [-0.1, -0.05) is 11.2 Å². The lowest BCUT2D eigenvalue weighted by molar-refractivity contribution is 0.102. The average molecular weight is 257 g/mol.